The summed E-state index contributed by atoms with van der Waals surface area (Å²) in [6.07, 6.45) is 0.539. The minimum absolute atomic E-state index is 0.00973. The van der Waals surface area contributed by atoms with Crippen LogP contribution in [-0.2, 0) is 0 Å². The van der Waals surface area contributed by atoms with Gasteiger partial charge in [-0.2, -0.15) is 5.10 Å². The van der Waals surface area contributed by atoms with Crippen molar-refractivity contribution in [2.75, 3.05) is 6.61 Å². The molecule has 2 rings (SSSR count). The standard InChI is InChI=1S/C16H16ClF2N5O/c1-9-6-21-16(22-7-9)25-8-14(24-20)10(2)23-11-3-4-13(17)12(5-11)15(18)19/h3-7,15H,8,20H2,1-2H3. The Balaban J connectivity index is 2.13. The average Bonchev–Trinajstić information content (AvgIpc) is 2.58. The maximum atomic E-state index is 12.9. The van der Waals surface area contributed by atoms with Crippen LogP contribution in [0.2, 0.25) is 5.02 Å². The fourth-order valence-corrected chi connectivity index (χ4v) is 2.05. The molecule has 0 saturated carbocycles. The fraction of sp³-hybridized carbons (Fsp3) is 0.250. The van der Waals surface area contributed by atoms with Gasteiger partial charge in [0.2, 0.25) is 0 Å². The highest BCUT2D eigenvalue weighted by atomic mass is 35.5. The third-order valence-corrected chi connectivity index (χ3v) is 3.52. The molecule has 0 saturated heterocycles. The summed E-state index contributed by atoms with van der Waals surface area (Å²) >= 11 is 5.74. The number of alkyl halides is 2. The van der Waals surface area contributed by atoms with Gasteiger partial charge in [-0.25, -0.2) is 18.7 Å². The second-order valence-electron chi connectivity index (χ2n) is 5.11. The van der Waals surface area contributed by atoms with Gasteiger partial charge in [0.15, 0.2) is 0 Å². The van der Waals surface area contributed by atoms with Crippen LogP contribution in [0.15, 0.2) is 40.7 Å². The van der Waals surface area contributed by atoms with Gasteiger partial charge in [-0.1, -0.05) is 11.6 Å². The molecule has 0 aliphatic carbocycles. The largest absolute Gasteiger partial charge is 0.457 e. The molecule has 0 fully saturated rings. The van der Waals surface area contributed by atoms with Crippen molar-refractivity contribution in [3.05, 3.63) is 46.7 Å². The van der Waals surface area contributed by atoms with Crippen LogP contribution in [-0.4, -0.2) is 28.0 Å². The highest BCUT2D eigenvalue weighted by molar-refractivity contribution is 6.42. The minimum atomic E-state index is -2.69. The lowest BCUT2D eigenvalue weighted by Crippen LogP contribution is -2.22. The Morgan fingerprint density at radius 1 is 1.32 bits per heavy atom. The molecule has 9 heteroatoms. The molecule has 0 radical (unpaired) electrons. The van der Waals surface area contributed by atoms with Crippen LogP contribution in [0.1, 0.15) is 24.5 Å². The zero-order chi connectivity index (χ0) is 18.4. The third kappa shape index (κ3) is 5.18. The summed E-state index contributed by atoms with van der Waals surface area (Å²) in [5, 5.41) is 3.61. The predicted octanol–water partition coefficient (Wildman–Crippen LogP) is 3.86. The monoisotopic (exact) mass is 367 g/mol. The van der Waals surface area contributed by atoms with E-state index in [0.29, 0.717) is 17.1 Å². The van der Waals surface area contributed by atoms with Crippen molar-refractivity contribution in [2.45, 2.75) is 20.3 Å². The average molecular weight is 368 g/mol. The van der Waals surface area contributed by atoms with E-state index in [9.17, 15) is 8.78 Å². The van der Waals surface area contributed by atoms with Crippen molar-refractivity contribution in [1.82, 2.24) is 9.97 Å². The molecular weight excluding hydrogens is 352 g/mol. The molecule has 0 aliphatic heterocycles. The van der Waals surface area contributed by atoms with E-state index in [4.69, 9.17) is 22.2 Å². The summed E-state index contributed by atoms with van der Waals surface area (Å²) in [5.41, 5.74) is 1.67. The molecule has 0 unspecified atom stereocenters. The maximum absolute atomic E-state index is 12.9. The minimum Gasteiger partial charge on any atom is -0.457 e. The van der Waals surface area contributed by atoms with Gasteiger partial charge < -0.3 is 10.6 Å². The summed E-state index contributed by atoms with van der Waals surface area (Å²) in [7, 11) is 0. The number of halogens is 3. The first-order chi connectivity index (χ1) is 11.9. The normalized spacial score (nSPS) is 12.6. The lowest BCUT2D eigenvalue weighted by molar-refractivity contribution is 0.151. The highest BCUT2D eigenvalue weighted by Crippen LogP contribution is 2.30. The number of aryl methyl sites for hydroxylation is 1. The molecular formula is C16H16ClF2N5O. The van der Waals surface area contributed by atoms with Crippen LogP contribution in [0.5, 0.6) is 6.01 Å². The SMILES string of the molecule is CC(=Nc1ccc(Cl)c(C(F)F)c1)C(COc1ncc(C)cn1)=NN. The quantitative estimate of drug-likeness (QED) is 0.477. The van der Waals surface area contributed by atoms with Crippen molar-refractivity contribution in [1.29, 1.82) is 0 Å². The summed E-state index contributed by atoms with van der Waals surface area (Å²) in [6, 6.07) is 4.28. The summed E-state index contributed by atoms with van der Waals surface area (Å²) < 4.78 is 31.2. The predicted molar refractivity (Wildman–Crippen MR) is 93.1 cm³/mol. The zero-order valence-corrected chi connectivity index (χ0v) is 14.3. The Kier molecular flexibility index (Phi) is 6.35. The number of aliphatic imine (C=N–C) groups is 1. The third-order valence-electron chi connectivity index (χ3n) is 3.18. The Morgan fingerprint density at radius 2 is 2.00 bits per heavy atom. The number of nitrogens with two attached hydrogens (primary N) is 1. The van der Waals surface area contributed by atoms with E-state index in [1.165, 1.54) is 18.2 Å². The van der Waals surface area contributed by atoms with Gasteiger partial charge in [0.25, 0.3) is 6.43 Å². The number of hydrogen-bond acceptors (Lipinski definition) is 6. The lowest BCUT2D eigenvalue weighted by atomic mass is 10.2. The van der Waals surface area contributed by atoms with Crippen molar-refractivity contribution in [3.63, 3.8) is 0 Å². The molecule has 0 aliphatic rings. The van der Waals surface area contributed by atoms with Gasteiger partial charge in [-0.15, -0.1) is 0 Å². The number of aromatic nitrogens is 2. The first-order valence-electron chi connectivity index (χ1n) is 7.22. The van der Waals surface area contributed by atoms with Gasteiger partial charge in [0.05, 0.1) is 11.4 Å². The Bertz CT molecular complexity index is 794. The summed E-state index contributed by atoms with van der Waals surface area (Å²) in [5.74, 6) is 5.36. The molecule has 2 N–H and O–H groups in total. The molecule has 6 nitrogen and oxygen atoms in total. The number of benzene rings is 1. The molecule has 0 amide bonds. The van der Waals surface area contributed by atoms with Crippen molar-refractivity contribution in [2.24, 2.45) is 15.9 Å². The summed E-state index contributed by atoms with van der Waals surface area (Å²) in [4.78, 5) is 12.2. The Labute approximate surface area is 148 Å². The van der Waals surface area contributed by atoms with Gasteiger partial charge in [0.1, 0.15) is 12.3 Å². The molecule has 132 valence electrons. The number of ether oxygens (including phenoxy) is 1. The van der Waals surface area contributed by atoms with Gasteiger partial charge in [-0.05, 0) is 37.6 Å². The first kappa shape index (κ1) is 18.7. The number of nitrogens with zero attached hydrogens (tertiary/aromatic N) is 4. The second kappa shape index (κ2) is 8.48. The molecule has 1 aromatic carbocycles. The van der Waals surface area contributed by atoms with E-state index in [2.05, 4.69) is 20.1 Å². The lowest BCUT2D eigenvalue weighted by Gasteiger charge is -2.08. The number of rotatable bonds is 6. The van der Waals surface area contributed by atoms with Crippen LogP contribution in [0.3, 0.4) is 0 Å². The Morgan fingerprint density at radius 3 is 2.60 bits per heavy atom. The number of hydrazone groups is 1. The molecule has 0 atom stereocenters. The Hall–Kier alpha value is -2.61. The van der Waals surface area contributed by atoms with Crippen LogP contribution in [0.25, 0.3) is 0 Å². The molecule has 25 heavy (non-hydrogen) atoms. The van der Waals surface area contributed by atoms with Crippen LogP contribution in [0.4, 0.5) is 14.5 Å². The smallest absolute Gasteiger partial charge is 0.316 e. The van der Waals surface area contributed by atoms with E-state index in [1.807, 2.05) is 6.92 Å². The van der Waals surface area contributed by atoms with Gasteiger partial charge >= 0.3 is 6.01 Å². The van der Waals surface area contributed by atoms with E-state index in [0.717, 1.165) is 5.56 Å². The van der Waals surface area contributed by atoms with E-state index in [-0.39, 0.29) is 23.2 Å². The summed E-state index contributed by atoms with van der Waals surface area (Å²) in [6.45, 7) is 3.49. The molecule has 1 heterocycles. The van der Waals surface area contributed by atoms with Crippen LogP contribution in [0, 0.1) is 6.92 Å². The van der Waals surface area contributed by atoms with E-state index >= 15 is 0 Å². The maximum Gasteiger partial charge on any atom is 0.316 e. The molecule has 0 bridgehead atoms. The fourth-order valence-electron chi connectivity index (χ4n) is 1.85. The van der Waals surface area contributed by atoms with Crippen molar-refractivity contribution in [3.8, 4) is 6.01 Å². The van der Waals surface area contributed by atoms with E-state index in [1.54, 1.807) is 19.3 Å². The second-order valence-corrected chi connectivity index (χ2v) is 5.52. The van der Waals surface area contributed by atoms with Crippen molar-refractivity contribution >= 4 is 28.7 Å². The van der Waals surface area contributed by atoms with E-state index < -0.39 is 6.43 Å². The zero-order valence-electron chi connectivity index (χ0n) is 13.6. The molecule has 0 spiro atoms. The van der Waals surface area contributed by atoms with Crippen LogP contribution < -0.4 is 10.6 Å². The van der Waals surface area contributed by atoms with Gasteiger partial charge in [0, 0.05) is 23.0 Å². The van der Waals surface area contributed by atoms with Crippen molar-refractivity contribution < 1.29 is 13.5 Å². The number of hydrogen-bond donors (Lipinski definition) is 1. The highest BCUT2D eigenvalue weighted by Gasteiger charge is 2.13. The molecule has 2 aromatic rings. The topological polar surface area (TPSA) is 85.8 Å². The van der Waals surface area contributed by atoms with Gasteiger partial charge in [-0.3, -0.25) is 4.99 Å². The first-order valence-corrected chi connectivity index (χ1v) is 7.60. The van der Waals surface area contributed by atoms with Crippen LogP contribution >= 0.6 is 11.6 Å². The molecule has 1 aromatic heterocycles.